The molecule has 0 aromatic heterocycles. The third-order valence-corrected chi connectivity index (χ3v) is 10.2. The van der Waals surface area contributed by atoms with E-state index in [9.17, 15) is 19.5 Å². The maximum absolute atomic E-state index is 14.5. The van der Waals surface area contributed by atoms with Gasteiger partial charge in [-0.2, -0.15) is 0 Å². The SMILES string of the molecule is C=CCN(C(=O)C1N(CCCCCO)C(=O)[C@@H]2[C@H](C(=O)OCC)[C@@H]3CC(C)C12S3)c1ccccc1Cl. The highest BCUT2D eigenvalue weighted by Crippen LogP contribution is 2.68. The fourth-order valence-electron chi connectivity index (χ4n) is 6.37. The van der Waals surface area contributed by atoms with E-state index in [0.29, 0.717) is 30.1 Å². The lowest BCUT2D eigenvalue weighted by Gasteiger charge is -2.40. The van der Waals surface area contributed by atoms with Crippen LogP contribution in [0.5, 0.6) is 0 Å². The number of fused-ring (bicyclic) bond motifs is 1. The van der Waals surface area contributed by atoms with Crippen LogP contribution in [0.25, 0.3) is 0 Å². The van der Waals surface area contributed by atoms with Crippen molar-refractivity contribution >= 4 is 46.8 Å². The van der Waals surface area contributed by atoms with E-state index in [1.165, 1.54) is 0 Å². The molecule has 3 unspecified atom stereocenters. The number of nitrogens with zero attached hydrogens (tertiary/aromatic N) is 2. The van der Waals surface area contributed by atoms with E-state index in [4.69, 9.17) is 16.3 Å². The van der Waals surface area contributed by atoms with E-state index in [0.717, 1.165) is 12.8 Å². The zero-order chi connectivity index (χ0) is 26.0. The second kappa shape index (κ2) is 11.2. The first-order chi connectivity index (χ1) is 17.3. The molecule has 1 spiro atoms. The van der Waals surface area contributed by atoms with Crippen molar-refractivity contribution in [1.82, 2.24) is 4.90 Å². The Balaban J connectivity index is 1.78. The van der Waals surface area contributed by atoms with Gasteiger partial charge in [-0.05, 0) is 50.7 Å². The first-order valence-corrected chi connectivity index (χ1v) is 14.0. The summed E-state index contributed by atoms with van der Waals surface area (Å²) in [5.74, 6) is -1.77. The van der Waals surface area contributed by atoms with Crippen molar-refractivity contribution < 1.29 is 24.2 Å². The molecule has 0 radical (unpaired) electrons. The maximum atomic E-state index is 14.5. The summed E-state index contributed by atoms with van der Waals surface area (Å²) in [6, 6.07) is 6.44. The van der Waals surface area contributed by atoms with Gasteiger partial charge in [0, 0.05) is 24.9 Å². The smallest absolute Gasteiger partial charge is 0.310 e. The van der Waals surface area contributed by atoms with Crippen molar-refractivity contribution in [3.8, 4) is 0 Å². The van der Waals surface area contributed by atoms with Gasteiger partial charge in [0.15, 0.2) is 0 Å². The molecule has 7 nitrogen and oxygen atoms in total. The third-order valence-electron chi connectivity index (χ3n) is 7.82. The highest BCUT2D eigenvalue weighted by atomic mass is 35.5. The van der Waals surface area contributed by atoms with Crippen molar-refractivity contribution in [1.29, 1.82) is 0 Å². The fourth-order valence-corrected chi connectivity index (χ4v) is 9.01. The van der Waals surface area contributed by atoms with Crippen LogP contribution in [-0.2, 0) is 19.1 Å². The van der Waals surface area contributed by atoms with Gasteiger partial charge in [0.05, 0.1) is 33.9 Å². The first-order valence-electron chi connectivity index (χ1n) is 12.8. The fraction of sp³-hybridized carbons (Fsp3) is 0.593. The molecule has 3 aliphatic rings. The number of thioether (sulfide) groups is 1. The average molecular weight is 535 g/mol. The molecule has 0 saturated carbocycles. The van der Waals surface area contributed by atoms with Gasteiger partial charge in [0.1, 0.15) is 6.04 Å². The molecule has 2 amide bonds. The molecular weight excluding hydrogens is 500 g/mol. The molecule has 4 rings (SSSR count). The topological polar surface area (TPSA) is 87.2 Å². The number of aliphatic hydroxyl groups excluding tert-OH is 1. The van der Waals surface area contributed by atoms with Gasteiger partial charge < -0.3 is 19.6 Å². The predicted octanol–water partition coefficient (Wildman–Crippen LogP) is 3.92. The second-order valence-corrected chi connectivity index (χ2v) is 11.8. The highest BCUT2D eigenvalue weighted by molar-refractivity contribution is 8.02. The third kappa shape index (κ3) is 4.35. The number of rotatable bonds is 11. The standard InChI is InChI=1S/C27H35ClN2O5S/c1-4-13-29(19-12-8-7-11-18(19)28)25(33)23-27-17(3)16-20(36-27)21(26(34)35-5-2)22(27)24(32)30(23)14-9-6-10-15-31/h4,7-8,11-12,17,20-23,31H,1,5-6,9-10,13-16H2,2-3H3/t17?,20-,21+,22-,23?,27?/m0/s1. The van der Waals surface area contributed by atoms with Gasteiger partial charge in [0.2, 0.25) is 5.91 Å². The number of amides is 2. The number of unbranched alkanes of at least 4 members (excludes halogenated alkanes) is 2. The second-order valence-electron chi connectivity index (χ2n) is 9.81. The monoisotopic (exact) mass is 534 g/mol. The van der Waals surface area contributed by atoms with Gasteiger partial charge in [-0.25, -0.2) is 0 Å². The lowest BCUT2D eigenvalue weighted by atomic mass is 9.66. The van der Waals surface area contributed by atoms with E-state index in [2.05, 4.69) is 13.5 Å². The van der Waals surface area contributed by atoms with Crippen molar-refractivity contribution in [2.24, 2.45) is 17.8 Å². The first kappa shape index (κ1) is 27.0. The number of ether oxygens (including phenoxy) is 1. The summed E-state index contributed by atoms with van der Waals surface area (Å²) < 4.78 is 4.69. The molecule has 3 heterocycles. The van der Waals surface area contributed by atoms with Gasteiger partial charge in [-0.1, -0.05) is 36.7 Å². The van der Waals surface area contributed by atoms with Crippen LogP contribution in [0.1, 0.15) is 39.5 Å². The normalized spacial score (nSPS) is 30.4. The van der Waals surface area contributed by atoms with Gasteiger partial charge in [-0.3, -0.25) is 14.4 Å². The molecule has 1 aromatic rings. The van der Waals surface area contributed by atoms with Crippen molar-refractivity contribution in [3.63, 3.8) is 0 Å². The minimum absolute atomic E-state index is 0.0481. The molecule has 1 N–H and O–H groups in total. The van der Waals surface area contributed by atoms with Crippen molar-refractivity contribution in [2.45, 2.75) is 55.6 Å². The molecule has 9 heteroatoms. The van der Waals surface area contributed by atoms with Crippen LogP contribution in [0.15, 0.2) is 36.9 Å². The number of aliphatic hydroxyl groups is 1. The van der Waals surface area contributed by atoms with Crippen LogP contribution in [0.2, 0.25) is 5.02 Å². The van der Waals surface area contributed by atoms with Gasteiger partial charge in [0.25, 0.3) is 5.91 Å². The van der Waals surface area contributed by atoms with Crippen LogP contribution in [-0.4, -0.2) is 70.1 Å². The number of carbonyl (C=O) groups is 3. The lowest BCUT2D eigenvalue weighted by molar-refractivity contribution is -0.154. The number of anilines is 1. The summed E-state index contributed by atoms with van der Waals surface area (Å²) in [6.07, 6.45) is 4.46. The summed E-state index contributed by atoms with van der Waals surface area (Å²) >= 11 is 8.14. The Hall–Kier alpha value is -2.03. The summed E-state index contributed by atoms with van der Waals surface area (Å²) in [4.78, 5) is 44.9. The molecule has 1 aromatic carbocycles. The molecule has 6 atom stereocenters. The Morgan fingerprint density at radius 2 is 2.08 bits per heavy atom. The van der Waals surface area contributed by atoms with E-state index in [1.54, 1.807) is 46.7 Å². The molecule has 0 aliphatic carbocycles. The largest absolute Gasteiger partial charge is 0.466 e. The number of para-hydroxylation sites is 1. The minimum Gasteiger partial charge on any atom is -0.466 e. The van der Waals surface area contributed by atoms with Gasteiger partial charge >= 0.3 is 5.97 Å². The van der Waals surface area contributed by atoms with E-state index in [-0.39, 0.29) is 48.7 Å². The Labute approximate surface area is 222 Å². The Kier molecular flexibility index (Phi) is 8.37. The molecule has 3 aliphatic heterocycles. The van der Waals surface area contributed by atoms with E-state index >= 15 is 0 Å². The van der Waals surface area contributed by atoms with Crippen LogP contribution in [0, 0.1) is 17.8 Å². The lowest BCUT2D eigenvalue weighted by Crippen LogP contribution is -2.57. The maximum Gasteiger partial charge on any atom is 0.310 e. The zero-order valence-corrected chi connectivity index (χ0v) is 22.5. The number of esters is 1. The summed E-state index contributed by atoms with van der Waals surface area (Å²) in [5.41, 5.74) is 0.573. The van der Waals surface area contributed by atoms with E-state index < -0.39 is 22.6 Å². The Bertz CT molecular complexity index is 1020. The number of carbonyl (C=O) groups excluding carboxylic acids is 3. The summed E-state index contributed by atoms with van der Waals surface area (Å²) in [6.45, 7) is 8.69. The van der Waals surface area contributed by atoms with Crippen LogP contribution >= 0.6 is 23.4 Å². The molecule has 3 fully saturated rings. The van der Waals surface area contributed by atoms with Crippen LogP contribution < -0.4 is 4.90 Å². The summed E-state index contributed by atoms with van der Waals surface area (Å²) in [5, 5.41) is 9.61. The number of benzene rings is 1. The number of hydrogen-bond donors (Lipinski definition) is 1. The number of hydrogen-bond acceptors (Lipinski definition) is 6. The Morgan fingerprint density at radius 1 is 1.33 bits per heavy atom. The molecule has 3 saturated heterocycles. The van der Waals surface area contributed by atoms with Gasteiger partial charge in [-0.15, -0.1) is 18.3 Å². The Morgan fingerprint density at radius 3 is 2.75 bits per heavy atom. The van der Waals surface area contributed by atoms with Crippen molar-refractivity contribution in [3.05, 3.63) is 41.9 Å². The van der Waals surface area contributed by atoms with Crippen LogP contribution in [0.4, 0.5) is 5.69 Å². The molecule has 36 heavy (non-hydrogen) atoms. The quantitative estimate of drug-likeness (QED) is 0.263. The number of halogens is 1. The molecular formula is C27H35ClN2O5S. The molecule has 2 bridgehead atoms. The zero-order valence-electron chi connectivity index (χ0n) is 20.9. The number of likely N-dealkylation sites (tertiary alicyclic amines) is 1. The molecule has 196 valence electrons. The van der Waals surface area contributed by atoms with E-state index in [1.807, 2.05) is 12.1 Å². The average Bonchev–Trinajstić information content (AvgIpc) is 3.44. The highest BCUT2D eigenvalue weighted by Gasteiger charge is 2.76. The predicted molar refractivity (Wildman–Crippen MR) is 142 cm³/mol. The van der Waals surface area contributed by atoms with Crippen molar-refractivity contribution in [2.75, 3.05) is 31.2 Å². The van der Waals surface area contributed by atoms with Crippen LogP contribution in [0.3, 0.4) is 0 Å². The minimum atomic E-state index is -0.732. The summed E-state index contributed by atoms with van der Waals surface area (Å²) in [7, 11) is 0.